The Morgan fingerprint density at radius 1 is 0.882 bits per heavy atom. The third-order valence-electron chi connectivity index (χ3n) is 2.71. The maximum absolute atomic E-state index is 9.55. The highest BCUT2D eigenvalue weighted by atomic mass is 79.9. The molecule has 0 aliphatic heterocycles. The van der Waals surface area contributed by atoms with Gasteiger partial charge in [-0.3, -0.25) is 0 Å². The van der Waals surface area contributed by atoms with E-state index >= 15 is 0 Å². The average molecular weight is 291 g/mol. The number of benzene rings is 2. The molecule has 0 aromatic heterocycles. The molecule has 1 nitrogen and oxygen atoms in total. The smallest absolute Gasteiger partial charge is 0.0677 e. The lowest BCUT2D eigenvalue weighted by Crippen LogP contribution is -2.11. The summed E-state index contributed by atoms with van der Waals surface area (Å²) in [5, 5.41) is 10.2. The Bertz CT molecular complexity index is 450. The first-order valence-electron chi connectivity index (χ1n) is 5.68. The first-order chi connectivity index (χ1) is 8.29. The first-order valence-corrected chi connectivity index (χ1v) is 6.80. The summed E-state index contributed by atoms with van der Waals surface area (Å²) in [6, 6.07) is 18.7. The lowest BCUT2D eigenvalue weighted by atomic mass is 10.0. The standard InChI is InChI=1S/C15H15BrO/c16-11-15(17)10-12-6-8-14(9-7-12)13-4-2-1-3-5-13/h1-9,15,17H,10-11H2. The lowest BCUT2D eigenvalue weighted by molar-refractivity contribution is 0.201. The molecule has 17 heavy (non-hydrogen) atoms. The SMILES string of the molecule is OC(CBr)Cc1ccc(-c2ccccc2)cc1. The molecule has 1 atom stereocenters. The van der Waals surface area contributed by atoms with Gasteiger partial charge in [-0.2, -0.15) is 0 Å². The van der Waals surface area contributed by atoms with E-state index in [4.69, 9.17) is 0 Å². The van der Waals surface area contributed by atoms with Crippen molar-refractivity contribution in [3.63, 3.8) is 0 Å². The van der Waals surface area contributed by atoms with Gasteiger partial charge in [-0.1, -0.05) is 70.5 Å². The zero-order valence-corrected chi connectivity index (χ0v) is 11.1. The van der Waals surface area contributed by atoms with Gasteiger partial charge in [0.2, 0.25) is 0 Å². The molecule has 0 radical (unpaired) electrons. The van der Waals surface area contributed by atoms with Crippen LogP contribution in [0.15, 0.2) is 54.6 Å². The molecule has 0 fully saturated rings. The van der Waals surface area contributed by atoms with Crippen molar-refractivity contribution >= 4 is 15.9 Å². The largest absolute Gasteiger partial charge is 0.392 e. The van der Waals surface area contributed by atoms with Crippen molar-refractivity contribution in [2.75, 3.05) is 5.33 Å². The molecule has 0 bridgehead atoms. The fraction of sp³-hybridized carbons (Fsp3) is 0.200. The second-order valence-electron chi connectivity index (χ2n) is 4.08. The van der Waals surface area contributed by atoms with Gasteiger partial charge in [0.05, 0.1) is 6.10 Å². The Labute approximate surface area is 110 Å². The number of halogens is 1. The maximum Gasteiger partial charge on any atom is 0.0677 e. The van der Waals surface area contributed by atoms with Gasteiger partial charge < -0.3 is 5.11 Å². The van der Waals surface area contributed by atoms with Crippen molar-refractivity contribution in [2.24, 2.45) is 0 Å². The van der Waals surface area contributed by atoms with Crippen molar-refractivity contribution in [3.8, 4) is 11.1 Å². The predicted octanol–water partition coefficient (Wildman–Crippen LogP) is 3.65. The minimum absolute atomic E-state index is 0.308. The summed E-state index contributed by atoms with van der Waals surface area (Å²) in [5.74, 6) is 0. The molecule has 88 valence electrons. The first kappa shape index (κ1) is 12.3. The third kappa shape index (κ3) is 3.42. The van der Waals surface area contributed by atoms with E-state index in [9.17, 15) is 5.11 Å². The van der Waals surface area contributed by atoms with Crippen molar-refractivity contribution in [3.05, 3.63) is 60.2 Å². The Morgan fingerprint density at radius 2 is 1.47 bits per heavy atom. The topological polar surface area (TPSA) is 20.2 Å². The molecule has 2 aromatic carbocycles. The predicted molar refractivity (Wildman–Crippen MR) is 75.4 cm³/mol. The van der Waals surface area contributed by atoms with E-state index < -0.39 is 0 Å². The fourth-order valence-electron chi connectivity index (χ4n) is 1.79. The van der Waals surface area contributed by atoms with E-state index in [1.54, 1.807) is 0 Å². The van der Waals surface area contributed by atoms with E-state index in [-0.39, 0.29) is 6.10 Å². The monoisotopic (exact) mass is 290 g/mol. The molecule has 2 aromatic rings. The summed E-state index contributed by atoms with van der Waals surface area (Å²) < 4.78 is 0. The third-order valence-corrected chi connectivity index (χ3v) is 3.46. The van der Waals surface area contributed by atoms with Crippen LogP contribution < -0.4 is 0 Å². The number of alkyl halides is 1. The Hall–Kier alpha value is -1.12. The van der Waals surface area contributed by atoms with E-state index in [1.807, 2.05) is 18.2 Å². The van der Waals surface area contributed by atoms with Crippen LogP contribution in [0.25, 0.3) is 11.1 Å². The summed E-state index contributed by atoms with van der Waals surface area (Å²) in [6.45, 7) is 0. The van der Waals surface area contributed by atoms with Crippen LogP contribution in [0.1, 0.15) is 5.56 Å². The molecule has 0 saturated heterocycles. The van der Waals surface area contributed by atoms with E-state index in [2.05, 4.69) is 52.3 Å². The van der Waals surface area contributed by atoms with Gasteiger partial charge in [-0.25, -0.2) is 0 Å². The summed E-state index contributed by atoms with van der Waals surface area (Å²) in [7, 11) is 0. The molecule has 2 rings (SSSR count). The van der Waals surface area contributed by atoms with Crippen molar-refractivity contribution in [1.82, 2.24) is 0 Å². The summed E-state index contributed by atoms with van der Waals surface area (Å²) in [5.41, 5.74) is 3.60. The maximum atomic E-state index is 9.55. The number of aliphatic hydroxyl groups is 1. The van der Waals surface area contributed by atoms with E-state index in [0.29, 0.717) is 11.8 Å². The molecule has 0 aliphatic rings. The van der Waals surface area contributed by atoms with Crippen LogP contribution in [0.5, 0.6) is 0 Å². The number of hydrogen-bond donors (Lipinski definition) is 1. The van der Waals surface area contributed by atoms with Gasteiger partial charge in [-0.05, 0) is 23.1 Å². The number of hydrogen-bond acceptors (Lipinski definition) is 1. The van der Waals surface area contributed by atoms with Crippen LogP contribution in [0.2, 0.25) is 0 Å². The highest BCUT2D eigenvalue weighted by molar-refractivity contribution is 9.09. The number of aliphatic hydroxyl groups excluding tert-OH is 1. The van der Waals surface area contributed by atoms with Gasteiger partial charge in [-0.15, -0.1) is 0 Å². The van der Waals surface area contributed by atoms with E-state index in [1.165, 1.54) is 11.1 Å². The van der Waals surface area contributed by atoms with Crippen molar-refractivity contribution in [1.29, 1.82) is 0 Å². The van der Waals surface area contributed by atoms with Crippen molar-refractivity contribution < 1.29 is 5.11 Å². The van der Waals surface area contributed by atoms with Crippen LogP contribution in [0, 0.1) is 0 Å². The lowest BCUT2D eigenvalue weighted by Gasteiger charge is -2.08. The average Bonchev–Trinajstić information content (AvgIpc) is 2.40. The summed E-state index contributed by atoms with van der Waals surface area (Å²) in [4.78, 5) is 0. The van der Waals surface area contributed by atoms with Gasteiger partial charge in [0.1, 0.15) is 0 Å². The minimum atomic E-state index is -0.308. The zero-order valence-electron chi connectivity index (χ0n) is 9.51. The molecule has 0 saturated carbocycles. The molecule has 1 unspecified atom stereocenters. The highest BCUT2D eigenvalue weighted by Crippen LogP contribution is 2.19. The van der Waals surface area contributed by atoms with Gasteiger partial charge >= 0.3 is 0 Å². The molecule has 2 heteroatoms. The van der Waals surface area contributed by atoms with Gasteiger partial charge in [0.25, 0.3) is 0 Å². The van der Waals surface area contributed by atoms with Crippen LogP contribution >= 0.6 is 15.9 Å². The van der Waals surface area contributed by atoms with Crippen molar-refractivity contribution in [2.45, 2.75) is 12.5 Å². The summed E-state index contributed by atoms with van der Waals surface area (Å²) >= 11 is 3.27. The second kappa shape index (κ2) is 5.99. The molecule has 1 N–H and O–H groups in total. The molecular weight excluding hydrogens is 276 g/mol. The van der Waals surface area contributed by atoms with Crippen LogP contribution in [0.3, 0.4) is 0 Å². The Balaban J connectivity index is 2.13. The Kier molecular flexibility index (Phi) is 4.35. The van der Waals surface area contributed by atoms with E-state index in [0.717, 1.165) is 5.56 Å². The molecule has 0 amide bonds. The fourth-order valence-corrected chi connectivity index (χ4v) is 2.02. The van der Waals surface area contributed by atoms with Crippen LogP contribution in [0.4, 0.5) is 0 Å². The van der Waals surface area contributed by atoms with Crippen LogP contribution in [-0.4, -0.2) is 16.5 Å². The highest BCUT2D eigenvalue weighted by Gasteiger charge is 2.03. The minimum Gasteiger partial charge on any atom is -0.392 e. The molecule has 0 heterocycles. The number of rotatable bonds is 4. The second-order valence-corrected chi connectivity index (χ2v) is 4.72. The zero-order chi connectivity index (χ0) is 12.1. The quantitative estimate of drug-likeness (QED) is 0.852. The Morgan fingerprint density at radius 3 is 2.06 bits per heavy atom. The van der Waals surface area contributed by atoms with Gasteiger partial charge in [0, 0.05) is 5.33 Å². The van der Waals surface area contributed by atoms with Gasteiger partial charge in [0.15, 0.2) is 0 Å². The molecule has 0 aliphatic carbocycles. The van der Waals surface area contributed by atoms with Crippen LogP contribution in [-0.2, 0) is 6.42 Å². The molecule has 0 spiro atoms. The summed E-state index contributed by atoms with van der Waals surface area (Å²) in [6.07, 6.45) is 0.387. The molecular formula is C15H15BrO. The normalized spacial score (nSPS) is 12.4.